The van der Waals surface area contributed by atoms with Crippen LogP contribution in [0.15, 0.2) is 78.9 Å². The Morgan fingerprint density at radius 1 is 0.524 bits per heavy atom. The molecule has 2 heteroatoms. The van der Waals surface area contributed by atoms with Crippen molar-refractivity contribution in [3.63, 3.8) is 0 Å². The zero-order valence-electron chi connectivity index (χ0n) is 11.3. The van der Waals surface area contributed by atoms with Crippen LogP contribution in [0.25, 0.3) is 0 Å². The Bertz CT molecular complexity index is 690. The highest BCUT2D eigenvalue weighted by Gasteiger charge is 2.21. The van der Waals surface area contributed by atoms with Gasteiger partial charge in [0.05, 0.1) is 5.92 Å². The lowest BCUT2D eigenvalue weighted by atomic mass is 9.85. The summed E-state index contributed by atoms with van der Waals surface area (Å²) >= 11 is 12.8. The molecule has 0 atom stereocenters. The fraction of sp³-hybridized carbons (Fsp3) is 0. The molecule has 0 heterocycles. The lowest BCUT2D eigenvalue weighted by Gasteiger charge is -2.20. The minimum Gasteiger partial charge on any atom is -0.0840 e. The Labute approximate surface area is 135 Å². The van der Waals surface area contributed by atoms with E-state index >= 15 is 0 Å². The molecular formula is C19H13Cl2. The van der Waals surface area contributed by atoms with Crippen LogP contribution in [0.3, 0.4) is 0 Å². The molecule has 0 bridgehead atoms. The van der Waals surface area contributed by atoms with Gasteiger partial charge in [-0.15, -0.1) is 0 Å². The van der Waals surface area contributed by atoms with E-state index in [0.29, 0.717) is 0 Å². The molecule has 1 radical (unpaired) electrons. The highest BCUT2D eigenvalue weighted by Crippen LogP contribution is 2.37. The smallest absolute Gasteiger partial charge is 0.0659 e. The lowest BCUT2D eigenvalue weighted by molar-refractivity contribution is 1.23. The number of halogens is 2. The molecule has 0 aromatic heterocycles. The summed E-state index contributed by atoms with van der Waals surface area (Å²) in [5.74, 6) is 1.05. The zero-order chi connectivity index (χ0) is 14.7. The average molecular weight is 312 g/mol. The van der Waals surface area contributed by atoms with Gasteiger partial charge in [0.2, 0.25) is 0 Å². The van der Waals surface area contributed by atoms with E-state index in [0.717, 1.165) is 32.7 Å². The van der Waals surface area contributed by atoms with Crippen molar-refractivity contribution in [2.24, 2.45) is 0 Å². The zero-order valence-corrected chi connectivity index (χ0v) is 12.8. The summed E-state index contributed by atoms with van der Waals surface area (Å²) in [4.78, 5) is 0. The molecule has 0 aliphatic heterocycles. The summed E-state index contributed by atoms with van der Waals surface area (Å²) in [5, 5.41) is 1.44. The van der Waals surface area contributed by atoms with E-state index in [2.05, 4.69) is 12.1 Å². The number of benzene rings is 3. The van der Waals surface area contributed by atoms with E-state index < -0.39 is 0 Å². The van der Waals surface area contributed by atoms with Crippen molar-refractivity contribution in [2.45, 2.75) is 0 Å². The first-order valence-corrected chi connectivity index (χ1v) is 7.45. The standard InChI is InChI=1S/C19H13Cl2/c20-17-12-6-4-10-15(17)19(14-8-2-1-3-9-14)16-11-5-7-13-18(16)21/h1-13H. The Hall–Kier alpha value is -1.76. The molecule has 103 valence electrons. The normalized spacial score (nSPS) is 10.8. The lowest BCUT2D eigenvalue weighted by Crippen LogP contribution is -2.05. The third kappa shape index (κ3) is 2.97. The molecule has 3 aromatic carbocycles. The fourth-order valence-electron chi connectivity index (χ4n) is 2.39. The number of hydrogen-bond acceptors (Lipinski definition) is 0. The van der Waals surface area contributed by atoms with Crippen LogP contribution >= 0.6 is 23.2 Å². The molecule has 0 amide bonds. The van der Waals surface area contributed by atoms with Crippen LogP contribution in [0.4, 0.5) is 0 Å². The van der Waals surface area contributed by atoms with Crippen molar-refractivity contribution < 1.29 is 0 Å². The van der Waals surface area contributed by atoms with Gasteiger partial charge in [-0.3, -0.25) is 0 Å². The van der Waals surface area contributed by atoms with Crippen LogP contribution in [0.2, 0.25) is 10.0 Å². The molecule has 0 N–H and O–H groups in total. The van der Waals surface area contributed by atoms with Crippen LogP contribution in [0.5, 0.6) is 0 Å². The molecule has 0 saturated carbocycles. The maximum absolute atomic E-state index is 6.41. The Morgan fingerprint density at radius 2 is 0.952 bits per heavy atom. The third-order valence-electron chi connectivity index (χ3n) is 3.35. The topological polar surface area (TPSA) is 0 Å². The molecule has 0 unspecified atom stereocenters. The molecular weight excluding hydrogens is 299 g/mol. The summed E-state index contributed by atoms with van der Waals surface area (Å²) in [7, 11) is 0. The molecule has 0 nitrogen and oxygen atoms in total. The first-order chi connectivity index (χ1) is 10.3. The Morgan fingerprint density at radius 3 is 1.43 bits per heavy atom. The second kappa shape index (κ2) is 6.34. The minimum atomic E-state index is 0.719. The van der Waals surface area contributed by atoms with Gasteiger partial charge in [0.25, 0.3) is 0 Å². The van der Waals surface area contributed by atoms with Gasteiger partial charge < -0.3 is 0 Å². The molecule has 0 fully saturated rings. The molecule has 3 aromatic rings. The van der Waals surface area contributed by atoms with Gasteiger partial charge in [-0.1, -0.05) is 89.9 Å². The first kappa shape index (κ1) is 14.2. The van der Waals surface area contributed by atoms with E-state index in [9.17, 15) is 0 Å². The summed E-state index contributed by atoms with van der Waals surface area (Å²) in [5.41, 5.74) is 3.07. The van der Waals surface area contributed by atoms with E-state index in [1.54, 1.807) is 0 Å². The van der Waals surface area contributed by atoms with Gasteiger partial charge in [-0.05, 0) is 28.8 Å². The fourth-order valence-corrected chi connectivity index (χ4v) is 2.85. The van der Waals surface area contributed by atoms with Crippen LogP contribution in [-0.4, -0.2) is 0 Å². The minimum absolute atomic E-state index is 0.719. The average Bonchev–Trinajstić information content (AvgIpc) is 2.52. The monoisotopic (exact) mass is 311 g/mol. The van der Waals surface area contributed by atoms with Gasteiger partial charge in [-0.25, -0.2) is 0 Å². The summed E-state index contributed by atoms with van der Waals surface area (Å²) in [6.45, 7) is 0. The van der Waals surface area contributed by atoms with Crippen LogP contribution in [-0.2, 0) is 0 Å². The van der Waals surface area contributed by atoms with Gasteiger partial charge in [0, 0.05) is 10.0 Å². The maximum Gasteiger partial charge on any atom is 0.0659 e. The SMILES string of the molecule is Clc1ccccc1[C](c1ccccc1)c1ccccc1Cl. The maximum atomic E-state index is 6.41. The number of rotatable bonds is 3. The molecule has 0 aliphatic carbocycles. The van der Waals surface area contributed by atoms with Gasteiger partial charge >= 0.3 is 0 Å². The van der Waals surface area contributed by atoms with E-state index in [4.69, 9.17) is 23.2 Å². The molecule has 0 saturated heterocycles. The van der Waals surface area contributed by atoms with Gasteiger partial charge in [0.1, 0.15) is 0 Å². The van der Waals surface area contributed by atoms with E-state index in [-0.39, 0.29) is 0 Å². The molecule has 3 rings (SSSR count). The van der Waals surface area contributed by atoms with Crippen molar-refractivity contribution in [2.75, 3.05) is 0 Å². The largest absolute Gasteiger partial charge is 0.0840 e. The summed E-state index contributed by atoms with van der Waals surface area (Å²) < 4.78 is 0. The molecule has 0 aliphatic rings. The predicted octanol–water partition coefficient (Wildman–Crippen LogP) is 6.01. The molecule has 21 heavy (non-hydrogen) atoms. The number of hydrogen-bond donors (Lipinski definition) is 0. The third-order valence-corrected chi connectivity index (χ3v) is 4.01. The second-order valence-corrected chi connectivity index (χ2v) is 5.52. The van der Waals surface area contributed by atoms with Crippen molar-refractivity contribution >= 4 is 23.2 Å². The van der Waals surface area contributed by atoms with E-state index in [1.807, 2.05) is 66.7 Å². The Kier molecular flexibility index (Phi) is 4.28. The summed E-state index contributed by atoms with van der Waals surface area (Å²) in [6, 6.07) is 25.9. The van der Waals surface area contributed by atoms with E-state index in [1.165, 1.54) is 0 Å². The van der Waals surface area contributed by atoms with Crippen molar-refractivity contribution in [1.29, 1.82) is 0 Å². The van der Waals surface area contributed by atoms with Crippen molar-refractivity contribution in [3.05, 3.63) is 112 Å². The highest BCUT2D eigenvalue weighted by atomic mass is 35.5. The van der Waals surface area contributed by atoms with Crippen LogP contribution < -0.4 is 0 Å². The van der Waals surface area contributed by atoms with Crippen molar-refractivity contribution in [3.8, 4) is 0 Å². The quantitative estimate of drug-likeness (QED) is 0.519. The first-order valence-electron chi connectivity index (χ1n) is 6.69. The van der Waals surface area contributed by atoms with Gasteiger partial charge in [0.15, 0.2) is 0 Å². The summed E-state index contributed by atoms with van der Waals surface area (Å²) in [6.07, 6.45) is 0. The van der Waals surface area contributed by atoms with Gasteiger partial charge in [-0.2, -0.15) is 0 Å². The van der Waals surface area contributed by atoms with Crippen LogP contribution in [0, 0.1) is 5.92 Å². The second-order valence-electron chi connectivity index (χ2n) is 4.70. The van der Waals surface area contributed by atoms with Crippen molar-refractivity contribution in [1.82, 2.24) is 0 Å². The molecule has 0 spiro atoms. The Balaban J connectivity index is 2.22. The predicted molar refractivity (Wildman–Crippen MR) is 89.9 cm³/mol. The highest BCUT2D eigenvalue weighted by molar-refractivity contribution is 6.33. The van der Waals surface area contributed by atoms with Crippen LogP contribution in [0.1, 0.15) is 16.7 Å².